The van der Waals surface area contributed by atoms with Crippen LogP contribution >= 0.6 is 0 Å². The Bertz CT molecular complexity index is 880. The van der Waals surface area contributed by atoms with Gasteiger partial charge >= 0.3 is 11.9 Å². The van der Waals surface area contributed by atoms with Crippen LogP contribution in [0.5, 0.6) is 0 Å². The van der Waals surface area contributed by atoms with E-state index in [1.54, 1.807) is 0 Å². The van der Waals surface area contributed by atoms with E-state index in [-0.39, 0.29) is 24.0 Å². The number of aliphatic hydroxyl groups is 3. The highest BCUT2D eigenvalue weighted by atomic mass is 16.6. The zero-order valence-corrected chi connectivity index (χ0v) is 15.2. The molecule has 4 atom stereocenters. The van der Waals surface area contributed by atoms with E-state index in [0.717, 1.165) is 0 Å². The number of carboxylic acids is 2. The van der Waals surface area contributed by atoms with E-state index in [0.29, 0.717) is 12.8 Å². The molecule has 3 rings (SSSR count). The number of ether oxygens (including phenoxy) is 1. The molecule has 1 saturated heterocycles. The summed E-state index contributed by atoms with van der Waals surface area (Å²) in [6.07, 6.45) is -0.766. The molecule has 0 aliphatic carbocycles. The van der Waals surface area contributed by atoms with Crippen LogP contribution in [0.3, 0.4) is 0 Å². The number of unbranched alkanes of at least 4 members (excludes halogenated alkanes) is 1. The minimum atomic E-state index is -1.24. The molecule has 0 radical (unpaired) electrons. The van der Waals surface area contributed by atoms with Gasteiger partial charge in [-0.3, -0.25) is 19.0 Å². The Hall–Kier alpha value is -2.87. The van der Waals surface area contributed by atoms with Gasteiger partial charge in [0.1, 0.15) is 18.3 Å². The van der Waals surface area contributed by atoms with E-state index in [2.05, 4.69) is 15.0 Å². The molecule has 6 N–H and O–H groups in total. The van der Waals surface area contributed by atoms with Gasteiger partial charge in [0.15, 0.2) is 17.4 Å². The lowest BCUT2D eigenvalue weighted by Crippen LogP contribution is -2.33. The molecule has 0 spiro atoms. The minimum absolute atomic E-state index is 0.0628. The lowest BCUT2D eigenvalue weighted by molar-refractivity contribution is -0.139. The summed E-state index contributed by atoms with van der Waals surface area (Å²) >= 11 is 0. The molecule has 0 aromatic carbocycles. The molecule has 0 amide bonds. The molecule has 13 nitrogen and oxygen atoms in total. The van der Waals surface area contributed by atoms with Gasteiger partial charge in [0, 0.05) is 12.8 Å². The fourth-order valence-electron chi connectivity index (χ4n) is 2.71. The SMILES string of the molecule is O=C(O)CCCCC(=O)O.O=c1[nH]cnc2c1ncn2[C@@H]1O[C@H](CO)[C@@H](O)[C@H]1O. The predicted octanol–water partition coefficient (Wildman–Crippen LogP) is -1.55. The zero-order valence-electron chi connectivity index (χ0n) is 15.2. The topological polar surface area (TPSA) is 208 Å². The predicted molar refractivity (Wildman–Crippen MR) is 94.9 cm³/mol. The van der Waals surface area contributed by atoms with Crippen molar-refractivity contribution in [2.45, 2.75) is 50.2 Å². The number of fused-ring (bicyclic) bond motifs is 1. The van der Waals surface area contributed by atoms with E-state index in [1.165, 1.54) is 17.2 Å². The van der Waals surface area contributed by atoms with Gasteiger partial charge in [-0.25, -0.2) is 9.97 Å². The molecule has 0 unspecified atom stereocenters. The van der Waals surface area contributed by atoms with Crippen molar-refractivity contribution in [1.82, 2.24) is 19.5 Å². The average molecular weight is 414 g/mol. The molecule has 0 saturated carbocycles. The smallest absolute Gasteiger partial charge is 0.303 e. The number of carbonyl (C=O) groups is 2. The van der Waals surface area contributed by atoms with E-state index in [4.69, 9.17) is 20.1 Å². The van der Waals surface area contributed by atoms with E-state index in [1.807, 2.05) is 0 Å². The summed E-state index contributed by atoms with van der Waals surface area (Å²) in [5, 5.41) is 44.9. The second-order valence-electron chi connectivity index (χ2n) is 6.28. The third-order valence-electron chi connectivity index (χ3n) is 4.19. The van der Waals surface area contributed by atoms with Crippen LogP contribution in [0.4, 0.5) is 0 Å². The van der Waals surface area contributed by atoms with Crippen LogP contribution < -0.4 is 5.56 Å². The average Bonchev–Trinajstić information content (AvgIpc) is 3.22. The number of nitrogens with zero attached hydrogens (tertiary/aromatic N) is 3. The standard InChI is InChI=1S/C10H12N4O5.C6H10O4/c15-1-4-6(16)7(17)10(19-4)14-3-13-5-8(14)11-2-12-9(5)18;7-5(8)3-1-2-4-6(9)10/h2-4,6-7,10,15-17H,1H2,(H,11,12,18);1-4H2,(H,7,8)(H,9,10)/t4-,6-,7-,10-;/m1./s1. The lowest BCUT2D eigenvalue weighted by Gasteiger charge is -2.16. The number of aliphatic hydroxyl groups excluding tert-OH is 3. The number of rotatable bonds is 7. The molecular weight excluding hydrogens is 392 g/mol. The minimum Gasteiger partial charge on any atom is -0.481 e. The molecule has 3 heterocycles. The Kier molecular flexibility index (Phi) is 7.78. The quantitative estimate of drug-likeness (QED) is 0.286. The first-order chi connectivity index (χ1) is 13.8. The number of carboxylic acid groups (broad SMARTS) is 2. The van der Waals surface area contributed by atoms with Crippen molar-refractivity contribution in [3.63, 3.8) is 0 Å². The van der Waals surface area contributed by atoms with Crippen molar-refractivity contribution in [3.8, 4) is 0 Å². The summed E-state index contributed by atoms with van der Waals surface area (Å²) in [5.74, 6) is -1.74. The lowest BCUT2D eigenvalue weighted by atomic mass is 10.1. The Morgan fingerprint density at radius 1 is 1.10 bits per heavy atom. The van der Waals surface area contributed by atoms with E-state index in [9.17, 15) is 24.6 Å². The monoisotopic (exact) mass is 414 g/mol. The Balaban J connectivity index is 0.000000257. The van der Waals surface area contributed by atoms with Crippen LogP contribution in [0.25, 0.3) is 11.2 Å². The first kappa shape index (κ1) is 22.4. The molecule has 1 aliphatic rings. The van der Waals surface area contributed by atoms with Gasteiger partial charge in [-0.05, 0) is 12.8 Å². The van der Waals surface area contributed by atoms with Crippen LogP contribution in [-0.2, 0) is 14.3 Å². The summed E-state index contributed by atoms with van der Waals surface area (Å²) in [4.78, 5) is 41.5. The Morgan fingerprint density at radius 3 is 2.24 bits per heavy atom. The van der Waals surface area contributed by atoms with Gasteiger partial charge in [-0.1, -0.05) is 0 Å². The third kappa shape index (κ3) is 5.57. The summed E-state index contributed by atoms with van der Waals surface area (Å²) in [6, 6.07) is 0. The number of hydrogen-bond donors (Lipinski definition) is 6. The molecule has 13 heteroatoms. The third-order valence-corrected chi connectivity index (χ3v) is 4.19. The van der Waals surface area contributed by atoms with Crippen molar-refractivity contribution in [3.05, 3.63) is 23.0 Å². The normalized spacial score (nSPS) is 23.6. The fraction of sp³-hybridized carbons (Fsp3) is 0.562. The van der Waals surface area contributed by atoms with Crippen molar-refractivity contribution in [1.29, 1.82) is 0 Å². The number of aromatic nitrogens is 4. The van der Waals surface area contributed by atoms with Gasteiger partial charge in [-0.2, -0.15) is 0 Å². The van der Waals surface area contributed by atoms with Crippen LogP contribution in [0.15, 0.2) is 17.4 Å². The molecule has 2 aromatic heterocycles. The van der Waals surface area contributed by atoms with Gasteiger partial charge in [0.2, 0.25) is 0 Å². The molecule has 29 heavy (non-hydrogen) atoms. The van der Waals surface area contributed by atoms with Crippen molar-refractivity contribution >= 4 is 23.1 Å². The first-order valence-corrected chi connectivity index (χ1v) is 8.72. The molecule has 2 aromatic rings. The zero-order chi connectivity index (χ0) is 21.6. The van der Waals surface area contributed by atoms with Crippen LogP contribution in [0, 0.1) is 0 Å². The highest BCUT2D eigenvalue weighted by Crippen LogP contribution is 2.30. The molecule has 160 valence electrons. The summed E-state index contributed by atoms with van der Waals surface area (Å²) in [5.41, 5.74) is -0.0608. The number of H-pyrrole nitrogens is 1. The number of nitrogens with one attached hydrogen (secondary N) is 1. The Morgan fingerprint density at radius 2 is 1.72 bits per heavy atom. The molecule has 0 bridgehead atoms. The summed E-state index contributed by atoms with van der Waals surface area (Å²) < 4.78 is 6.70. The highest BCUT2D eigenvalue weighted by molar-refractivity contribution is 5.69. The van der Waals surface area contributed by atoms with Crippen LogP contribution in [0.1, 0.15) is 31.9 Å². The van der Waals surface area contributed by atoms with E-state index < -0.39 is 48.6 Å². The summed E-state index contributed by atoms with van der Waals surface area (Å²) in [6.45, 7) is -0.421. The van der Waals surface area contributed by atoms with E-state index >= 15 is 0 Å². The maximum absolute atomic E-state index is 11.5. The number of imidazole rings is 1. The number of aliphatic carboxylic acids is 2. The largest absolute Gasteiger partial charge is 0.481 e. The molecular formula is C16H22N4O9. The first-order valence-electron chi connectivity index (χ1n) is 8.72. The van der Waals surface area contributed by atoms with Crippen molar-refractivity contribution < 1.29 is 39.9 Å². The fourth-order valence-corrected chi connectivity index (χ4v) is 2.71. The Labute approximate surface area is 163 Å². The maximum atomic E-state index is 11.5. The molecule has 1 fully saturated rings. The second kappa shape index (κ2) is 10.1. The number of hydrogen-bond acceptors (Lipinski definition) is 9. The summed E-state index contributed by atoms with van der Waals surface area (Å²) in [7, 11) is 0. The van der Waals surface area contributed by atoms with Gasteiger partial charge in [-0.15, -0.1) is 0 Å². The van der Waals surface area contributed by atoms with Crippen LogP contribution in [0.2, 0.25) is 0 Å². The number of aromatic amines is 1. The van der Waals surface area contributed by atoms with Crippen LogP contribution in [-0.4, -0.2) is 81.9 Å². The van der Waals surface area contributed by atoms with Gasteiger partial charge in [0.25, 0.3) is 5.56 Å². The maximum Gasteiger partial charge on any atom is 0.303 e. The van der Waals surface area contributed by atoms with Gasteiger partial charge < -0.3 is 35.3 Å². The molecule has 1 aliphatic heterocycles. The van der Waals surface area contributed by atoms with Gasteiger partial charge in [0.05, 0.1) is 19.3 Å². The highest BCUT2D eigenvalue weighted by Gasteiger charge is 2.43. The van der Waals surface area contributed by atoms with Crippen molar-refractivity contribution in [2.24, 2.45) is 0 Å². The second-order valence-corrected chi connectivity index (χ2v) is 6.28. The van der Waals surface area contributed by atoms with Crippen molar-refractivity contribution in [2.75, 3.05) is 6.61 Å².